The van der Waals surface area contributed by atoms with Gasteiger partial charge in [-0.2, -0.15) is 0 Å². The number of ether oxygens (including phenoxy) is 1. The highest BCUT2D eigenvalue weighted by atomic mass is 16.5. The third kappa shape index (κ3) is 8.28. The lowest BCUT2D eigenvalue weighted by molar-refractivity contribution is -0.163. The minimum atomic E-state index is -1.13. The first-order chi connectivity index (χ1) is 20.9. The van der Waals surface area contributed by atoms with Crippen molar-refractivity contribution >= 4 is 46.3 Å². The molecule has 0 spiro atoms. The van der Waals surface area contributed by atoms with Crippen molar-refractivity contribution < 1.29 is 28.7 Å². The number of carbonyl (C=O) groups is 5. The summed E-state index contributed by atoms with van der Waals surface area (Å²) in [5.74, 6) is -2.85. The Morgan fingerprint density at radius 1 is 1.05 bits per heavy atom. The van der Waals surface area contributed by atoms with Crippen LogP contribution in [0, 0.1) is 11.8 Å². The van der Waals surface area contributed by atoms with Gasteiger partial charge in [0.2, 0.25) is 5.91 Å². The van der Waals surface area contributed by atoms with Crippen LogP contribution in [0.25, 0.3) is 16.8 Å². The molecule has 5 atom stereocenters. The van der Waals surface area contributed by atoms with Crippen LogP contribution in [-0.4, -0.2) is 64.2 Å². The molecule has 44 heavy (non-hydrogen) atoms. The number of Topliss-reactive ketones (excluding diaryl/α,β-unsaturated/α-hetero) is 1. The molecule has 2 aliphatic rings. The Bertz CT molecular complexity index is 1440. The van der Waals surface area contributed by atoms with E-state index < -0.39 is 41.9 Å². The van der Waals surface area contributed by atoms with Crippen LogP contribution in [0.3, 0.4) is 0 Å². The Morgan fingerprint density at radius 2 is 1.80 bits per heavy atom. The zero-order valence-corrected chi connectivity index (χ0v) is 26.1. The first-order valence-electron chi connectivity index (χ1n) is 15.4. The molecule has 0 unspecified atom stereocenters. The van der Waals surface area contributed by atoms with E-state index in [9.17, 15) is 24.0 Å². The molecule has 11 nitrogen and oxygen atoms in total. The fraction of sp³-hybridized carbons (Fsp3) is 0.515. The number of nitrogens with zero attached hydrogens (tertiary/aromatic N) is 2. The number of fused-ring (bicyclic) bond motifs is 4. The summed E-state index contributed by atoms with van der Waals surface area (Å²) in [6.45, 7) is 8.84. The van der Waals surface area contributed by atoms with E-state index in [0.29, 0.717) is 25.1 Å². The van der Waals surface area contributed by atoms with Crippen LogP contribution in [0.1, 0.15) is 84.0 Å². The summed E-state index contributed by atoms with van der Waals surface area (Å²) in [6.07, 6.45) is 6.21. The third-order valence-corrected chi connectivity index (χ3v) is 8.12. The Morgan fingerprint density at radius 3 is 2.52 bits per heavy atom. The molecule has 1 aromatic carbocycles. The predicted octanol–water partition coefficient (Wildman–Crippen LogP) is 3.38. The molecule has 0 aliphatic carbocycles. The van der Waals surface area contributed by atoms with Crippen LogP contribution in [0.5, 0.6) is 0 Å². The van der Waals surface area contributed by atoms with Crippen molar-refractivity contribution in [3.05, 3.63) is 47.8 Å². The van der Waals surface area contributed by atoms with Gasteiger partial charge in [-0.15, -0.1) is 0 Å². The second-order valence-electron chi connectivity index (χ2n) is 12.2. The number of ketones is 1. The second-order valence-corrected chi connectivity index (χ2v) is 12.2. The number of amides is 3. The maximum Gasteiger partial charge on any atom is 0.310 e. The Labute approximate surface area is 258 Å². The lowest BCUT2D eigenvalue weighted by atomic mass is 9.97. The molecule has 3 amide bonds. The Hall–Kier alpha value is -4.12. The molecule has 3 heterocycles. The number of aromatic nitrogens is 1. The van der Waals surface area contributed by atoms with Gasteiger partial charge in [-0.05, 0) is 81.5 Å². The van der Waals surface area contributed by atoms with Crippen LogP contribution < -0.4 is 16.1 Å². The topological polar surface area (TPSA) is 147 Å². The molecule has 236 valence electrons. The fourth-order valence-electron chi connectivity index (χ4n) is 5.44. The minimum absolute atomic E-state index is 0.0450. The zero-order chi connectivity index (χ0) is 32.0. The normalized spacial score (nSPS) is 25.8. The molecule has 11 heteroatoms. The number of esters is 1. The smallest absolute Gasteiger partial charge is 0.310 e. The molecule has 0 saturated carbocycles. The molecule has 1 aromatic heterocycles. The molecule has 2 aliphatic heterocycles. The van der Waals surface area contributed by atoms with Gasteiger partial charge >= 0.3 is 5.97 Å². The van der Waals surface area contributed by atoms with Gasteiger partial charge in [0.25, 0.3) is 11.8 Å². The molecule has 1 saturated heterocycles. The third-order valence-electron chi connectivity index (χ3n) is 8.12. The maximum atomic E-state index is 13.3. The van der Waals surface area contributed by atoms with Gasteiger partial charge in [0, 0.05) is 24.5 Å². The fourth-order valence-corrected chi connectivity index (χ4v) is 5.44. The first-order valence-corrected chi connectivity index (χ1v) is 15.4. The van der Waals surface area contributed by atoms with Crippen LogP contribution in [-0.2, 0) is 28.7 Å². The number of benzene rings is 1. The maximum absolute atomic E-state index is 13.3. The quantitative estimate of drug-likeness (QED) is 0.450. The van der Waals surface area contributed by atoms with E-state index in [1.54, 1.807) is 27.0 Å². The summed E-state index contributed by atoms with van der Waals surface area (Å²) in [5, 5.41) is 9.01. The second kappa shape index (κ2) is 14.6. The Kier molecular flexibility index (Phi) is 10.9. The van der Waals surface area contributed by atoms with E-state index >= 15 is 0 Å². The number of hydrogen-bond acceptors (Lipinski definition) is 8. The summed E-state index contributed by atoms with van der Waals surface area (Å²) in [7, 11) is 0. The summed E-state index contributed by atoms with van der Waals surface area (Å²) >= 11 is 0. The molecule has 2 aromatic rings. The molecule has 4 rings (SSSR count). The van der Waals surface area contributed by atoms with Crippen LogP contribution in [0.2, 0.25) is 0 Å². The number of hydrazine groups is 1. The van der Waals surface area contributed by atoms with E-state index in [1.807, 2.05) is 43.3 Å². The molecule has 3 N–H and O–H groups in total. The zero-order valence-electron chi connectivity index (χ0n) is 26.1. The van der Waals surface area contributed by atoms with Gasteiger partial charge in [0.15, 0.2) is 6.10 Å². The van der Waals surface area contributed by atoms with E-state index in [0.717, 1.165) is 16.3 Å². The van der Waals surface area contributed by atoms with Crippen molar-refractivity contribution in [3.63, 3.8) is 0 Å². The van der Waals surface area contributed by atoms with E-state index in [2.05, 4.69) is 21.0 Å². The number of allylic oxidation sites excluding steroid dienone is 1. The average molecular weight is 606 g/mol. The number of cyclic esters (lactones) is 1. The number of carbonyl (C=O) groups excluding carboxylic acids is 5. The monoisotopic (exact) mass is 605 g/mol. The van der Waals surface area contributed by atoms with Crippen molar-refractivity contribution in [2.75, 3.05) is 6.54 Å². The molecule has 1 fully saturated rings. The van der Waals surface area contributed by atoms with Gasteiger partial charge < -0.3 is 20.2 Å². The van der Waals surface area contributed by atoms with Crippen molar-refractivity contribution in [1.29, 1.82) is 0 Å². The van der Waals surface area contributed by atoms with E-state index in [-0.39, 0.29) is 42.9 Å². The number of pyridine rings is 1. The van der Waals surface area contributed by atoms with Crippen molar-refractivity contribution in [3.8, 4) is 0 Å². The highest BCUT2D eigenvalue weighted by molar-refractivity contribution is 5.91. The SMILES string of the molecule is CC(=O)CC[C@@H]1CC=Cc2cc3cc(ccc3cn2)[C@@H](C)NC(=O)[C@@H]2CCCN(N2)C(=O)[C@H](C)NC(=O)[C@H](C(C)C)OC1=O. The highest BCUT2D eigenvalue weighted by Crippen LogP contribution is 2.23. The molecule has 5 bridgehead atoms. The standard InChI is InChI=1S/C33H43N5O6/c1-19(2)29-31(41)36-22(5)32(42)38-15-7-10-28(37-38)30(40)35-21(4)24-13-14-25-18-34-27(17-26(25)16-24)9-6-8-23(33(43)44-29)12-11-20(3)39/h6,9,13-14,16-19,21-23,28-29,37H,7-8,10-12,15H2,1-5H3,(H,35,40)(H,36,41)/t21-,22+,23+,28+,29+/m1/s1. The average Bonchev–Trinajstić information content (AvgIpc) is 2.99. The molecular weight excluding hydrogens is 562 g/mol. The molecule has 0 radical (unpaired) electrons. The van der Waals surface area contributed by atoms with Crippen LogP contribution in [0.4, 0.5) is 0 Å². The summed E-state index contributed by atoms with van der Waals surface area (Å²) in [4.78, 5) is 69.4. The summed E-state index contributed by atoms with van der Waals surface area (Å²) in [6, 6.07) is 6.02. The lowest BCUT2D eigenvalue weighted by Crippen LogP contribution is -2.61. The van der Waals surface area contributed by atoms with E-state index in [1.165, 1.54) is 11.9 Å². The van der Waals surface area contributed by atoms with Gasteiger partial charge in [-0.25, -0.2) is 5.43 Å². The number of rotatable bonds is 4. The highest BCUT2D eigenvalue weighted by Gasteiger charge is 2.34. The number of nitrogens with one attached hydrogen (secondary N) is 3. The predicted molar refractivity (Wildman–Crippen MR) is 166 cm³/mol. The van der Waals surface area contributed by atoms with Gasteiger partial charge in [-0.1, -0.05) is 32.1 Å². The summed E-state index contributed by atoms with van der Waals surface area (Å²) in [5.41, 5.74) is 4.64. The van der Waals surface area contributed by atoms with Gasteiger partial charge in [0.1, 0.15) is 17.9 Å². The minimum Gasteiger partial charge on any atom is -0.452 e. The largest absolute Gasteiger partial charge is 0.452 e. The van der Waals surface area contributed by atoms with E-state index in [4.69, 9.17) is 4.74 Å². The lowest BCUT2D eigenvalue weighted by Gasteiger charge is -2.35. The van der Waals surface area contributed by atoms with Crippen LogP contribution in [0.15, 0.2) is 36.5 Å². The van der Waals surface area contributed by atoms with Crippen molar-refractivity contribution in [2.24, 2.45) is 11.8 Å². The van der Waals surface area contributed by atoms with Crippen LogP contribution >= 0.6 is 0 Å². The summed E-state index contributed by atoms with van der Waals surface area (Å²) < 4.78 is 5.73. The van der Waals surface area contributed by atoms with Crippen molar-refractivity contribution in [2.45, 2.75) is 91.0 Å². The molecular formula is C33H43N5O6. The van der Waals surface area contributed by atoms with Crippen molar-refractivity contribution in [1.82, 2.24) is 26.1 Å². The van der Waals surface area contributed by atoms with Gasteiger partial charge in [-0.3, -0.25) is 29.2 Å². The number of hydrogen-bond donors (Lipinski definition) is 3. The Balaban J connectivity index is 1.67. The first kappa shape index (κ1) is 32.8. The van der Waals surface area contributed by atoms with Gasteiger partial charge in [0.05, 0.1) is 17.7 Å².